The van der Waals surface area contributed by atoms with Gasteiger partial charge in [-0.05, 0) is 37.0 Å². The smallest absolute Gasteiger partial charge is 0.229 e. The van der Waals surface area contributed by atoms with Crippen LogP contribution in [0.1, 0.15) is 49.6 Å². The van der Waals surface area contributed by atoms with E-state index in [1.165, 1.54) is 12.8 Å². The summed E-state index contributed by atoms with van der Waals surface area (Å²) in [6.07, 6.45) is 4.33. The van der Waals surface area contributed by atoms with Crippen molar-refractivity contribution < 1.29 is 9.32 Å². The number of benzene rings is 1. The molecule has 5 rings (SSSR count). The van der Waals surface area contributed by atoms with Crippen molar-refractivity contribution in [2.75, 3.05) is 18.0 Å². The first-order chi connectivity index (χ1) is 15.0. The SMILES string of the molecule is Cc1c(CC(N)=O)c2cccc(N3CCCC3)c2n2cnc(-c3noc(C(C)C)n3)c12. The summed E-state index contributed by atoms with van der Waals surface area (Å²) in [7, 11) is 0. The van der Waals surface area contributed by atoms with Gasteiger partial charge in [0.15, 0.2) is 0 Å². The maximum absolute atomic E-state index is 12.0. The standard InChI is InChI=1S/C23H26N6O2/c1-13(2)23-26-22(27-31-23)19-20-14(3)16(11-18(24)30)15-7-6-8-17(28-9-4-5-10-28)21(15)29(20)12-25-19/h6-8,12-13H,4-5,9-11H2,1-3H3,(H2,24,30). The predicted molar refractivity (Wildman–Crippen MR) is 119 cm³/mol. The molecular weight excluding hydrogens is 392 g/mol. The molecule has 3 aromatic heterocycles. The number of pyridine rings is 1. The number of rotatable bonds is 5. The van der Waals surface area contributed by atoms with E-state index in [2.05, 4.69) is 42.6 Å². The molecule has 8 heteroatoms. The van der Waals surface area contributed by atoms with Gasteiger partial charge in [-0.2, -0.15) is 4.98 Å². The molecule has 1 saturated heterocycles. The fourth-order valence-electron chi connectivity index (χ4n) is 4.59. The number of fused-ring (bicyclic) bond motifs is 3. The number of aryl methyl sites for hydroxylation is 1. The maximum Gasteiger partial charge on any atom is 0.229 e. The van der Waals surface area contributed by atoms with Crippen molar-refractivity contribution in [2.24, 2.45) is 5.73 Å². The van der Waals surface area contributed by atoms with E-state index in [4.69, 9.17) is 10.3 Å². The van der Waals surface area contributed by atoms with Crippen molar-refractivity contribution in [3.63, 3.8) is 0 Å². The normalized spacial score (nSPS) is 14.4. The largest absolute Gasteiger partial charge is 0.370 e. The molecule has 0 unspecified atom stereocenters. The Morgan fingerprint density at radius 1 is 1.23 bits per heavy atom. The van der Waals surface area contributed by atoms with Crippen LogP contribution < -0.4 is 10.6 Å². The first-order valence-corrected chi connectivity index (χ1v) is 10.7. The van der Waals surface area contributed by atoms with Crippen LogP contribution in [0.2, 0.25) is 0 Å². The molecular formula is C23H26N6O2. The second-order valence-electron chi connectivity index (χ2n) is 8.54. The van der Waals surface area contributed by atoms with Gasteiger partial charge in [0.25, 0.3) is 0 Å². The molecule has 1 aliphatic heterocycles. The summed E-state index contributed by atoms with van der Waals surface area (Å²) in [5.74, 6) is 0.800. The average molecular weight is 419 g/mol. The van der Waals surface area contributed by atoms with Gasteiger partial charge >= 0.3 is 0 Å². The van der Waals surface area contributed by atoms with E-state index >= 15 is 0 Å². The highest BCUT2D eigenvalue weighted by molar-refractivity contribution is 6.00. The Bertz CT molecular complexity index is 1300. The maximum atomic E-state index is 12.0. The zero-order valence-corrected chi connectivity index (χ0v) is 18.1. The van der Waals surface area contributed by atoms with Gasteiger partial charge < -0.3 is 15.2 Å². The molecule has 1 aromatic carbocycles. The summed E-state index contributed by atoms with van der Waals surface area (Å²) in [5, 5.41) is 5.20. The van der Waals surface area contributed by atoms with Crippen LogP contribution in [0.3, 0.4) is 0 Å². The number of aromatic nitrogens is 4. The van der Waals surface area contributed by atoms with Gasteiger partial charge in [-0.1, -0.05) is 31.1 Å². The third kappa shape index (κ3) is 3.13. The molecule has 8 nitrogen and oxygen atoms in total. The van der Waals surface area contributed by atoms with E-state index in [1.807, 2.05) is 27.1 Å². The Hall–Kier alpha value is -3.42. The molecule has 0 atom stereocenters. The summed E-state index contributed by atoms with van der Waals surface area (Å²) in [5.41, 5.74) is 11.2. The molecule has 4 heterocycles. The van der Waals surface area contributed by atoms with Crippen molar-refractivity contribution in [1.82, 2.24) is 19.5 Å². The zero-order valence-electron chi connectivity index (χ0n) is 18.1. The van der Waals surface area contributed by atoms with Crippen molar-refractivity contribution in [3.05, 3.63) is 41.5 Å². The van der Waals surface area contributed by atoms with Crippen LogP contribution >= 0.6 is 0 Å². The van der Waals surface area contributed by atoms with Crippen molar-refractivity contribution in [2.45, 2.75) is 46.0 Å². The first kappa shape index (κ1) is 19.5. The van der Waals surface area contributed by atoms with Crippen LogP contribution in [0.15, 0.2) is 29.0 Å². The molecule has 1 fully saturated rings. The molecule has 0 saturated carbocycles. The molecule has 160 valence electrons. The van der Waals surface area contributed by atoms with Crippen LogP contribution in [0.4, 0.5) is 5.69 Å². The minimum Gasteiger partial charge on any atom is -0.370 e. The number of amides is 1. The fourth-order valence-corrected chi connectivity index (χ4v) is 4.59. The highest BCUT2D eigenvalue weighted by Gasteiger charge is 2.24. The Labute approximate surface area is 180 Å². The lowest BCUT2D eigenvalue weighted by atomic mass is 9.97. The number of hydrogen-bond donors (Lipinski definition) is 1. The Morgan fingerprint density at radius 2 is 2.00 bits per heavy atom. The minimum absolute atomic E-state index is 0.129. The Balaban J connectivity index is 1.84. The number of carbonyl (C=O) groups is 1. The van der Waals surface area contributed by atoms with Gasteiger partial charge in [0.2, 0.25) is 17.6 Å². The molecule has 0 aliphatic carbocycles. The fraction of sp³-hybridized carbons (Fsp3) is 0.391. The molecule has 1 amide bonds. The number of nitrogens with zero attached hydrogens (tertiary/aromatic N) is 5. The summed E-state index contributed by atoms with van der Waals surface area (Å²) >= 11 is 0. The number of hydrogen-bond acceptors (Lipinski definition) is 6. The number of para-hydroxylation sites is 1. The van der Waals surface area contributed by atoms with Crippen LogP contribution in [0, 0.1) is 6.92 Å². The van der Waals surface area contributed by atoms with Crippen LogP contribution in [-0.2, 0) is 11.2 Å². The van der Waals surface area contributed by atoms with Gasteiger partial charge in [0, 0.05) is 24.4 Å². The van der Waals surface area contributed by atoms with Gasteiger partial charge in [-0.15, -0.1) is 0 Å². The van der Waals surface area contributed by atoms with E-state index in [0.717, 1.165) is 46.3 Å². The Morgan fingerprint density at radius 3 is 2.68 bits per heavy atom. The number of nitrogens with two attached hydrogens (primary N) is 1. The molecule has 4 aromatic rings. The molecule has 31 heavy (non-hydrogen) atoms. The molecule has 2 N–H and O–H groups in total. The number of carbonyl (C=O) groups excluding carboxylic acids is 1. The van der Waals surface area contributed by atoms with Gasteiger partial charge in [0.1, 0.15) is 12.0 Å². The third-order valence-corrected chi connectivity index (χ3v) is 6.10. The zero-order chi connectivity index (χ0) is 21.7. The van der Waals surface area contributed by atoms with E-state index < -0.39 is 0 Å². The highest BCUT2D eigenvalue weighted by atomic mass is 16.5. The molecule has 1 aliphatic rings. The second kappa shape index (κ2) is 7.37. The molecule has 0 bridgehead atoms. The Kier molecular flexibility index (Phi) is 4.64. The summed E-state index contributed by atoms with van der Waals surface area (Å²) < 4.78 is 7.53. The molecule has 0 radical (unpaired) electrons. The first-order valence-electron chi connectivity index (χ1n) is 10.7. The lowest BCUT2D eigenvalue weighted by Gasteiger charge is -2.22. The van der Waals surface area contributed by atoms with Crippen LogP contribution in [-0.4, -0.2) is 38.5 Å². The summed E-state index contributed by atoms with van der Waals surface area (Å²) in [4.78, 5) is 23.6. The number of primary amides is 1. The van der Waals surface area contributed by atoms with Crippen LogP contribution in [0.5, 0.6) is 0 Å². The van der Waals surface area contributed by atoms with Crippen molar-refractivity contribution in [3.8, 4) is 11.5 Å². The average Bonchev–Trinajstić information content (AvgIpc) is 3.50. The third-order valence-electron chi connectivity index (χ3n) is 6.10. The lowest BCUT2D eigenvalue weighted by molar-refractivity contribution is -0.117. The topological polar surface area (TPSA) is 103 Å². The van der Waals surface area contributed by atoms with E-state index in [-0.39, 0.29) is 18.2 Å². The molecule has 0 spiro atoms. The van der Waals surface area contributed by atoms with Crippen LogP contribution in [0.25, 0.3) is 27.9 Å². The minimum atomic E-state index is -0.358. The summed E-state index contributed by atoms with van der Waals surface area (Å²) in [6, 6.07) is 6.25. The quantitative estimate of drug-likeness (QED) is 0.531. The van der Waals surface area contributed by atoms with Gasteiger partial charge in [0.05, 0.1) is 23.1 Å². The van der Waals surface area contributed by atoms with Gasteiger partial charge in [-0.3, -0.25) is 9.20 Å². The summed E-state index contributed by atoms with van der Waals surface area (Å²) in [6.45, 7) is 8.06. The lowest BCUT2D eigenvalue weighted by Crippen LogP contribution is -2.19. The van der Waals surface area contributed by atoms with Gasteiger partial charge in [-0.25, -0.2) is 4.98 Å². The van der Waals surface area contributed by atoms with E-state index in [9.17, 15) is 4.79 Å². The van der Waals surface area contributed by atoms with E-state index in [1.54, 1.807) is 0 Å². The highest BCUT2D eigenvalue weighted by Crippen LogP contribution is 2.37. The second-order valence-corrected chi connectivity index (χ2v) is 8.54. The predicted octanol–water partition coefficient (Wildman–Crippen LogP) is 3.60. The number of imidazole rings is 1. The van der Waals surface area contributed by atoms with Crippen molar-refractivity contribution in [1.29, 1.82) is 0 Å². The monoisotopic (exact) mass is 418 g/mol. The number of anilines is 1. The van der Waals surface area contributed by atoms with Crippen molar-refractivity contribution >= 4 is 28.0 Å². The van der Waals surface area contributed by atoms with E-state index in [0.29, 0.717) is 17.4 Å².